The molecule has 0 bridgehead atoms. The van der Waals surface area contributed by atoms with Crippen LogP contribution in [0, 0.1) is 0 Å². The molecule has 0 aromatic heterocycles. The molecular formula is C19H21BrN2O3S. The van der Waals surface area contributed by atoms with Gasteiger partial charge >= 0.3 is 0 Å². The van der Waals surface area contributed by atoms with Gasteiger partial charge < -0.3 is 14.8 Å². The van der Waals surface area contributed by atoms with Crippen molar-refractivity contribution in [3.8, 4) is 11.5 Å². The highest BCUT2D eigenvalue weighted by Gasteiger charge is 2.11. The van der Waals surface area contributed by atoms with Crippen molar-refractivity contribution < 1.29 is 14.3 Å². The highest BCUT2D eigenvalue weighted by molar-refractivity contribution is 9.10. The second-order valence-electron chi connectivity index (χ2n) is 5.49. The molecular weight excluding hydrogens is 416 g/mol. The van der Waals surface area contributed by atoms with Crippen LogP contribution in [0.25, 0.3) is 0 Å². The molecule has 26 heavy (non-hydrogen) atoms. The summed E-state index contributed by atoms with van der Waals surface area (Å²) in [7, 11) is 1.57. The summed E-state index contributed by atoms with van der Waals surface area (Å²) in [5.41, 5.74) is 1.22. The Morgan fingerprint density at radius 2 is 2.04 bits per heavy atom. The number of ether oxygens (including phenoxy) is 2. The van der Waals surface area contributed by atoms with E-state index in [1.165, 1.54) is 0 Å². The molecule has 2 aromatic carbocycles. The van der Waals surface area contributed by atoms with Crippen molar-refractivity contribution in [3.63, 3.8) is 0 Å². The normalized spacial score (nSPS) is 10.1. The van der Waals surface area contributed by atoms with Gasteiger partial charge in [-0.15, -0.1) is 0 Å². The molecule has 0 aliphatic carbocycles. The van der Waals surface area contributed by atoms with Crippen molar-refractivity contribution in [2.75, 3.05) is 19.0 Å². The Balaban J connectivity index is 1.94. The maximum absolute atomic E-state index is 12.3. The quantitative estimate of drug-likeness (QED) is 0.483. The lowest BCUT2D eigenvalue weighted by molar-refractivity contribution is 0.0977. The van der Waals surface area contributed by atoms with Crippen LogP contribution in [0.1, 0.15) is 30.1 Å². The van der Waals surface area contributed by atoms with Crippen molar-refractivity contribution in [1.29, 1.82) is 0 Å². The molecule has 138 valence electrons. The molecule has 0 aliphatic heterocycles. The fourth-order valence-corrected chi connectivity index (χ4v) is 2.89. The molecule has 2 N–H and O–H groups in total. The fraction of sp³-hybridized carbons (Fsp3) is 0.263. The van der Waals surface area contributed by atoms with Crippen LogP contribution in [0.5, 0.6) is 11.5 Å². The second kappa shape index (κ2) is 10.1. The van der Waals surface area contributed by atoms with E-state index in [1.54, 1.807) is 25.3 Å². The molecule has 5 nitrogen and oxygen atoms in total. The van der Waals surface area contributed by atoms with E-state index in [9.17, 15) is 4.79 Å². The summed E-state index contributed by atoms with van der Waals surface area (Å²) >= 11 is 8.58. The number of hydrogen-bond acceptors (Lipinski definition) is 4. The van der Waals surface area contributed by atoms with Crippen molar-refractivity contribution in [2.45, 2.75) is 19.8 Å². The number of unbranched alkanes of at least 4 members (excludes halogenated alkanes) is 1. The van der Waals surface area contributed by atoms with Gasteiger partial charge in [-0.3, -0.25) is 10.1 Å². The zero-order valence-corrected chi connectivity index (χ0v) is 17.1. The first-order chi connectivity index (χ1) is 12.5. The van der Waals surface area contributed by atoms with Gasteiger partial charge in [-0.05, 0) is 64.9 Å². The first-order valence-electron chi connectivity index (χ1n) is 8.22. The van der Waals surface area contributed by atoms with Gasteiger partial charge in [0.25, 0.3) is 5.91 Å². The van der Waals surface area contributed by atoms with Crippen LogP contribution >= 0.6 is 28.1 Å². The van der Waals surface area contributed by atoms with Crippen LogP contribution in [0.2, 0.25) is 0 Å². The predicted molar refractivity (Wildman–Crippen MR) is 111 cm³/mol. The van der Waals surface area contributed by atoms with Crippen molar-refractivity contribution in [1.82, 2.24) is 5.32 Å². The van der Waals surface area contributed by atoms with Gasteiger partial charge in [0, 0.05) is 17.3 Å². The number of methoxy groups -OCH3 is 1. The average Bonchev–Trinajstić information content (AvgIpc) is 2.62. The van der Waals surface area contributed by atoms with E-state index in [0.29, 0.717) is 22.4 Å². The van der Waals surface area contributed by atoms with E-state index in [2.05, 4.69) is 33.5 Å². The summed E-state index contributed by atoms with van der Waals surface area (Å²) in [5, 5.41) is 5.87. The summed E-state index contributed by atoms with van der Waals surface area (Å²) in [6.45, 7) is 2.79. The van der Waals surface area contributed by atoms with Gasteiger partial charge in [0.05, 0.1) is 18.2 Å². The van der Waals surface area contributed by atoms with Crippen LogP contribution in [0.15, 0.2) is 46.9 Å². The molecule has 0 radical (unpaired) electrons. The number of benzene rings is 2. The van der Waals surface area contributed by atoms with E-state index < -0.39 is 0 Å². The summed E-state index contributed by atoms with van der Waals surface area (Å²) < 4.78 is 11.5. The van der Waals surface area contributed by atoms with E-state index in [4.69, 9.17) is 21.7 Å². The Kier molecular flexibility index (Phi) is 7.87. The number of carbonyl (C=O) groups is 1. The molecule has 0 aliphatic rings. The molecule has 0 heterocycles. The fourth-order valence-electron chi connectivity index (χ4n) is 2.14. The van der Waals surface area contributed by atoms with Gasteiger partial charge in [0.15, 0.2) is 5.11 Å². The number of rotatable bonds is 7. The number of carbonyl (C=O) groups excluding carboxylic acids is 1. The third-order valence-electron chi connectivity index (χ3n) is 3.50. The minimum absolute atomic E-state index is 0.215. The van der Waals surface area contributed by atoms with Crippen LogP contribution in [-0.4, -0.2) is 24.7 Å². The molecule has 2 aromatic rings. The van der Waals surface area contributed by atoms with Gasteiger partial charge in [-0.25, -0.2) is 0 Å². The number of anilines is 1. The Hall–Kier alpha value is -2.12. The molecule has 0 saturated heterocycles. The number of hydrogen-bond donors (Lipinski definition) is 2. The molecule has 7 heteroatoms. The first kappa shape index (κ1) is 20.2. The molecule has 0 fully saturated rings. The number of amides is 1. The summed E-state index contributed by atoms with van der Waals surface area (Å²) in [5.74, 6) is 1.11. The summed E-state index contributed by atoms with van der Waals surface area (Å²) in [6.07, 6.45) is 2.08. The van der Waals surface area contributed by atoms with Gasteiger partial charge in [-0.1, -0.05) is 19.4 Å². The summed E-state index contributed by atoms with van der Waals surface area (Å²) in [6, 6.07) is 12.5. The van der Waals surface area contributed by atoms with Crippen LogP contribution in [0.4, 0.5) is 5.69 Å². The zero-order chi connectivity index (χ0) is 18.9. The van der Waals surface area contributed by atoms with E-state index in [1.807, 2.05) is 24.3 Å². The van der Waals surface area contributed by atoms with E-state index >= 15 is 0 Å². The number of thiocarbonyl (C=S) groups is 1. The maximum Gasteiger partial charge on any atom is 0.257 e. The highest BCUT2D eigenvalue weighted by atomic mass is 79.9. The first-order valence-corrected chi connectivity index (χ1v) is 9.42. The van der Waals surface area contributed by atoms with Crippen LogP contribution in [-0.2, 0) is 0 Å². The molecule has 0 atom stereocenters. The lowest BCUT2D eigenvalue weighted by atomic mass is 10.2. The molecule has 2 rings (SSSR count). The number of halogens is 1. The highest BCUT2D eigenvalue weighted by Crippen LogP contribution is 2.25. The van der Waals surface area contributed by atoms with Gasteiger partial charge in [-0.2, -0.15) is 0 Å². The maximum atomic E-state index is 12.3. The van der Waals surface area contributed by atoms with Gasteiger partial charge in [0.1, 0.15) is 11.5 Å². The standard InChI is InChI=1S/C19H21BrN2O3S/c1-3-4-10-25-15-7-5-6-14(12-15)21-19(26)22-18(23)13-8-9-17(24-2)16(20)11-13/h5-9,11-12H,3-4,10H2,1-2H3,(H2,21,22,23,26). The van der Waals surface area contributed by atoms with Crippen molar-refractivity contribution in [3.05, 3.63) is 52.5 Å². The average molecular weight is 437 g/mol. The smallest absolute Gasteiger partial charge is 0.257 e. The number of nitrogens with one attached hydrogen (secondary N) is 2. The SMILES string of the molecule is CCCCOc1cccc(NC(=S)NC(=O)c2ccc(OC)c(Br)c2)c1. The Labute approximate surface area is 167 Å². The van der Waals surface area contributed by atoms with Crippen molar-refractivity contribution in [2.24, 2.45) is 0 Å². The third kappa shape index (κ3) is 6.00. The largest absolute Gasteiger partial charge is 0.496 e. The molecule has 0 unspecified atom stereocenters. The Morgan fingerprint density at radius 1 is 1.23 bits per heavy atom. The summed E-state index contributed by atoms with van der Waals surface area (Å²) in [4.78, 5) is 12.3. The topological polar surface area (TPSA) is 59.6 Å². The Morgan fingerprint density at radius 3 is 2.73 bits per heavy atom. The van der Waals surface area contributed by atoms with E-state index in [-0.39, 0.29) is 11.0 Å². The van der Waals surface area contributed by atoms with Crippen molar-refractivity contribution >= 4 is 44.9 Å². The lowest BCUT2D eigenvalue weighted by Crippen LogP contribution is -2.34. The van der Waals surface area contributed by atoms with E-state index in [0.717, 1.165) is 24.3 Å². The van der Waals surface area contributed by atoms with Crippen LogP contribution in [0.3, 0.4) is 0 Å². The monoisotopic (exact) mass is 436 g/mol. The van der Waals surface area contributed by atoms with Crippen LogP contribution < -0.4 is 20.1 Å². The Bertz CT molecular complexity index is 783. The minimum atomic E-state index is -0.304. The zero-order valence-electron chi connectivity index (χ0n) is 14.7. The second-order valence-corrected chi connectivity index (χ2v) is 6.75. The predicted octanol–water partition coefficient (Wildman–Crippen LogP) is 4.76. The third-order valence-corrected chi connectivity index (χ3v) is 4.32. The lowest BCUT2D eigenvalue weighted by Gasteiger charge is -2.12. The molecule has 0 spiro atoms. The van der Waals surface area contributed by atoms with Gasteiger partial charge in [0.2, 0.25) is 0 Å². The minimum Gasteiger partial charge on any atom is -0.496 e. The molecule has 0 saturated carbocycles. The molecule has 1 amide bonds.